The van der Waals surface area contributed by atoms with Crippen molar-refractivity contribution in [2.45, 2.75) is 35.5 Å². The van der Waals surface area contributed by atoms with Crippen molar-refractivity contribution in [3.05, 3.63) is 72.1 Å². The highest BCUT2D eigenvalue weighted by Crippen LogP contribution is 2.54. The molecule has 3 aromatic rings. The van der Waals surface area contributed by atoms with Crippen LogP contribution < -0.4 is 14.5 Å². The highest BCUT2D eigenvalue weighted by molar-refractivity contribution is 9.10. The van der Waals surface area contributed by atoms with Crippen LogP contribution in [0.15, 0.2) is 56.8 Å². The Hall–Kier alpha value is -2.60. The molecule has 3 amide bonds. The van der Waals surface area contributed by atoms with Gasteiger partial charge in [-0.2, -0.15) is 0 Å². The van der Waals surface area contributed by atoms with Crippen LogP contribution in [-0.2, 0) is 14.4 Å². The van der Waals surface area contributed by atoms with Gasteiger partial charge in [0.2, 0.25) is 11.8 Å². The van der Waals surface area contributed by atoms with Gasteiger partial charge in [0.15, 0.2) is 6.61 Å². The molecule has 3 aliphatic heterocycles. The summed E-state index contributed by atoms with van der Waals surface area (Å²) in [6.07, 6.45) is 3.06. The second-order valence-corrected chi connectivity index (χ2v) is 13.2. The van der Waals surface area contributed by atoms with Gasteiger partial charge in [-0.05, 0) is 61.7 Å². The molecule has 2 aromatic carbocycles. The number of carbonyl (C=O) groups excluding carboxylic acids is 3. The number of likely N-dealkylation sites (tertiary alicyclic amines) is 1. The Morgan fingerprint density at radius 1 is 1.05 bits per heavy atom. The molecule has 39 heavy (non-hydrogen) atoms. The van der Waals surface area contributed by atoms with Gasteiger partial charge in [0, 0.05) is 38.9 Å². The number of aromatic amines is 1. The Balaban J connectivity index is 1.39. The minimum Gasteiger partial charge on any atom is -0.483 e. The van der Waals surface area contributed by atoms with Gasteiger partial charge in [-0.15, -0.1) is 0 Å². The second kappa shape index (κ2) is 10.8. The number of nitrogens with zero attached hydrogens (tertiary/aromatic N) is 2. The number of aromatic nitrogens is 1. The molecule has 2 saturated heterocycles. The third-order valence-electron chi connectivity index (χ3n) is 7.28. The number of nitrogens with one attached hydrogen (secondary N) is 1. The Labute approximate surface area is 245 Å². The predicted octanol–water partition coefficient (Wildman–Crippen LogP) is 5.04. The van der Waals surface area contributed by atoms with Crippen LogP contribution in [-0.4, -0.2) is 52.6 Å². The first-order chi connectivity index (χ1) is 18.8. The van der Waals surface area contributed by atoms with Crippen LogP contribution in [0.4, 0.5) is 5.69 Å². The molecule has 202 valence electrons. The lowest BCUT2D eigenvalue weighted by molar-refractivity contribution is -0.134. The van der Waals surface area contributed by atoms with Crippen molar-refractivity contribution in [3.63, 3.8) is 0 Å². The van der Waals surface area contributed by atoms with Gasteiger partial charge >= 0.3 is 4.87 Å². The van der Waals surface area contributed by atoms with Crippen molar-refractivity contribution >= 4 is 74.0 Å². The Kier molecular flexibility index (Phi) is 7.34. The quantitative estimate of drug-likeness (QED) is 0.390. The van der Waals surface area contributed by atoms with Gasteiger partial charge in [0.1, 0.15) is 11.0 Å². The van der Waals surface area contributed by atoms with Crippen LogP contribution in [0, 0.1) is 5.92 Å². The average Bonchev–Trinajstić information content (AvgIpc) is 3.43. The Bertz CT molecular complexity index is 1520. The van der Waals surface area contributed by atoms with E-state index < -0.39 is 17.1 Å². The maximum atomic E-state index is 14.0. The number of carbonyl (C=O) groups is 3. The topological polar surface area (TPSA) is 99.8 Å². The third-order valence-corrected chi connectivity index (χ3v) is 10.4. The number of halogens is 2. The van der Waals surface area contributed by atoms with Crippen LogP contribution in [0.2, 0.25) is 5.02 Å². The van der Waals surface area contributed by atoms with Gasteiger partial charge in [-0.1, -0.05) is 50.6 Å². The smallest absolute Gasteiger partial charge is 0.305 e. The monoisotopic (exact) mass is 647 g/mol. The molecule has 0 bridgehead atoms. The number of fused-ring (bicyclic) bond motifs is 2. The fourth-order valence-electron chi connectivity index (χ4n) is 5.46. The van der Waals surface area contributed by atoms with Gasteiger partial charge in [0.05, 0.1) is 16.6 Å². The normalized spacial score (nSPS) is 22.6. The molecule has 0 saturated carbocycles. The van der Waals surface area contributed by atoms with Crippen molar-refractivity contribution in [3.8, 4) is 5.75 Å². The molecular weight excluding hydrogens is 626 g/mol. The average molecular weight is 649 g/mol. The molecule has 1 N–H and O–H groups in total. The minimum absolute atomic E-state index is 0.104. The summed E-state index contributed by atoms with van der Waals surface area (Å²) in [4.78, 5) is 59.1. The summed E-state index contributed by atoms with van der Waals surface area (Å²) in [5.41, 5.74) is 1.05. The molecule has 3 atom stereocenters. The van der Waals surface area contributed by atoms with E-state index in [-0.39, 0.29) is 29.2 Å². The van der Waals surface area contributed by atoms with Gasteiger partial charge in [-0.3, -0.25) is 19.2 Å². The zero-order chi connectivity index (χ0) is 27.3. The summed E-state index contributed by atoms with van der Waals surface area (Å²) in [7, 11) is 0. The number of hydrogen-bond acceptors (Lipinski definition) is 7. The second-order valence-electron chi connectivity index (χ2n) is 9.65. The van der Waals surface area contributed by atoms with E-state index >= 15 is 0 Å². The van der Waals surface area contributed by atoms with Gasteiger partial charge in [0.25, 0.3) is 5.91 Å². The van der Waals surface area contributed by atoms with E-state index in [2.05, 4.69) is 20.9 Å². The molecule has 3 aliphatic rings. The number of H-pyrrole nitrogens is 1. The number of benzene rings is 2. The van der Waals surface area contributed by atoms with Gasteiger partial charge < -0.3 is 14.6 Å². The molecule has 6 rings (SSSR count). The van der Waals surface area contributed by atoms with E-state index in [9.17, 15) is 19.2 Å². The van der Waals surface area contributed by atoms with E-state index in [4.69, 9.17) is 16.3 Å². The third kappa shape index (κ3) is 4.94. The molecule has 0 radical (unpaired) electrons. The first-order valence-electron chi connectivity index (χ1n) is 12.5. The van der Waals surface area contributed by atoms with E-state index in [0.29, 0.717) is 45.0 Å². The van der Waals surface area contributed by atoms with Crippen LogP contribution in [0.5, 0.6) is 5.75 Å². The number of thioether (sulfide) groups is 1. The highest BCUT2D eigenvalue weighted by Gasteiger charge is 2.56. The molecule has 12 heteroatoms. The number of imide groups is 1. The first kappa shape index (κ1) is 26.6. The minimum atomic E-state index is -0.788. The summed E-state index contributed by atoms with van der Waals surface area (Å²) in [6.45, 7) is 1.27. The number of hydrogen-bond donors (Lipinski definition) is 1. The van der Waals surface area contributed by atoms with Crippen molar-refractivity contribution in [1.29, 1.82) is 0 Å². The first-order valence-corrected chi connectivity index (χ1v) is 15.4. The van der Waals surface area contributed by atoms with E-state index in [1.165, 1.54) is 16.7 Å². The van der Waals surface area contributed by atoms with E-state index in [1.54, 1.807) is 47.4 Å². The number of rotatable bonds is 5. The fourth-order valence-corrected chi connectivity index (χ4v) is 8.42. The van der Waals surface area contributed by atoms with Crippen LogP contribution in [0.3, 0.4) is 0 Å². The molecule has 0 spiro atoms. The van der Waals surface area contributed by atoms with Crippen LogP contribution in [0.1, 0.15) is 35.6 Å². The SMILES string of the molecule is O=C(COc1ccc(Cl)cc1[C@@H]1c2sc(=O)[nH]c2S[C@H]2C(=O)N(c3ccc(Br)cc3)C(=O)[C@@H]12)N1CCCCC1. The van der Waals surface area contributed by atoms with Gasteiger partial charge in [-0.25, -0.2) is 4.90 Å². The zero-order valence-corrected chi connectivity index (χ0v) is 24.5. The number of anilines is 1. The van der Waals surface area contributed by atoms with E-state index in [0.717, 1.165) is 35.1 Å². The maximum absolute atomic E-state index is 14.0. The standard InChI is InChI=1S/C27H23BrClN3O5S2/c28-14-4-7-16(8-5-14)32-25(34)21-20(22-24(30-27(36)39-22)38-23(21)26(32)35)17-12-15(29)6-9-18(17)37-13-19(33)31-10-2-1-3-11-31/h4-9,12,20-21,23H,1-3,10-11,13H2,(H,30,36)/t20-,21-,23+/m0/s1. The Morgan fingerprint density at radius 2 is 1.79 bits per heavy atom. The zero-order valence-electron chi connectivity index (χ0n) is 20.5. The summed E-state index contributed by atoms with van der Waals surface area (Å²) in [6, 6.07) is 12.0. The number of amides is 3. The van der Waals surface area contributed by atoms with Crippen molar-refractivity contribution in [1.82, 2.24) is 9.88 Å². The highest BCUT2D eigenvalue weighted by atomic mass is 79.9. The van der Waals surface area contributed by atoms with E-state index in [1.807, 2.05) is 0 Å². The van der Waals surface area contributed by atoms with Crippen LogP contribution in [0.25, 0.3) is 0 Å². The van der Waals surface area contributed by atoms with Crippen molar-refractivity contribution < 1.29 is 19.1 Å². The summed E-state index contributed by atoms with van der Waals surface area (Å²) in [5, 5.41) is 0.233. The predicted molar refractivity (Wildman–Crippen MR) is 154 cm³/mol. The maximum Gasteiger partial charge on any atom is 0.305 e. The molecule has 8 nitrogen and oxygen atoms in total. The molecular formula is C27H23BrClN3O5S2. The molecule has 2 fully saturated rings. The Morgan fingerprint density at radius 3 is 2.54 bits per heavy atom. The summed E-state index contributed by atoms with van der Waals surface area (Å²) >= 11 is 12.0. The number of thiazole rings is 1. The molecule has 1 aromatic heterocycles. The van der Waals surface area contributed by atoms with Crippen LogP contribution >= 0.6 is 50.6 Å². The number of ether oxygens (including phenoxy) is 1. The molecule has 0 unspecified atom stereocenters. The van der Waals surface area contributed by atoms with Crippen molar-refractivity contribution in [2.75, 3.05) is 24.6 Å². The fraction of sp³-hybridized carbons (Fsp3) is 0.333. The number of piperidine rings is 1. The van der Waals surface area contributed by atoms with Crippen molar-refractivity contribution in [2.24, 2.45) is 5.92 Å². The summed E-state index contributed by atoms with van der Waals surface area (Å²) in [5.74, 6) is -1.85. The molecule has 0 aliphatic carbocycles. The lowest BCUT2D eigenvalue weighted by Crippen LogP contribution is -2.38. The summed E-state index contributed by atoms with van der Waals surface area (Å²) < 4.78 is 6.89. The lowest BCUT2D eigenvalue weighted by atomic mass is 9.82. The largest absolute Gasteiger partial charge is 0.483 e. The lowest BCUT2D eigenvalue weighted by Gasteiger charge is -2.31. The molecule has 4 heterocycles.